The van der Waals surface area contributed by atoms with Crippen LogP contribution in [0.3, 0.4) is 0 Å². The van der Waals surface area contributed by atoms with Crippen LogP contribution in [-0.4, -0.2) is 49.3 Å². The first-order valence-corrected chi connectivity index (χ1v) is 15.6. The van der Waals surface area contributed by atoms with Gasteiger partial charge in [-0.2, -0.15) is 0 Å². The minimum Gasteiger partial charge on any atom is -0.458 e. The minimum absolute atomic E-state index is 0.0514. The fourth-order valence-electron chi connectivity index (χ4n) is 7.60. The van der Waals surface area contributed by atoms with Crippen LogP contribution < -0.4 is 0 Å². The van der Waals surface area contributed by atoms with Gasteiger partial charge in [-0.15, -0.1) is 0 Å². The minimum atomic E-state index is -1.95. The number of Topliss-reactive ketones (excluding diaryl/α,β-unsaturated/α-hetero) is 1. The molecule has 182 valence electrons. The maximum atomic E-state index is 13.2. The quantitative estimate of drug-likeness (QED) is 0.479. The van der Waals surface area contributed by atoms with Crippen LogP contribution in [0.1, 0.15) is 52.9 Å². The van der Waals surface area contributed by atoms with Crippen molar-refractivity contribution in [3.8, 4) is 0 Å². The van der Waals surface area contributed by atoms with E-state index in [1.54, 1.807) is 6.08 Å². The molecular weight excluding hydrogens is 436 g/mol. The molecule has 0 aromatic heterocycles. The lowest BCUT2D eigenvalue weighted by atomic mass is 9.46. The largest absolute Gasteiger partial charge is 0.458 e. The molecule has 0 radical (unpaired) electrons. The summed E-state index contributed by atoms with van der Waals surface area (Å²) in [5, 5.41) is 11.8. The average molecular weight is 475 g/mol. The van der Waals surface area contributed by atoms with Crippen LogP contribution in [0.25, 0.3) is 0 Å². The van der Waals surface area contributed by atoms with Crippen molar-refractivity contribution in [1.82, 2.24) is 0 Å². The van der Waals surface area contributed by atoms with Gasteiger partial charge < -0.3 is 14.3 Å². The van der Waals surface area contributed by atoms with Crippen LogP contribution in [0, 0.1) is 28.6 Å². The molecule has 4 aliphatic carbocycles. The fraction of sp³-hybridized carbons (Fsp3) is 0.731. The molecule has 4 aliphatic rings. The summed E-state index contributed by atoms with van der Waals surface area (Å²) in [4.78, 5) is 36.6. The van der Waals surface area contributed by atoms with E-state index in [-0.39, 0.29) is 35.1 Å². The maximum Gasteiger partial charge on any atom is 0.303 e. The first-order valence-electron chi connectivity index (χ1n) is 12.2. The van der Waals surface area contributed by atoms with Crippen LogP contribution >= 0.6 is 0 Å². The van der Waals surface area contributed by atoms with E-state index in [4.69, 9.17) is 9.16 Å². The number of esters is 1. The number of fused-ring (bicyclic) bond motifs is 5. The number of allylic oxidation sites excluding steroid dienone is 4. The zero-order chi connectivity index (χ0) is 24.4. The lowest BCUT2D eigenvalue weighted by molar-refractivity contribution is -0.179. The Morgan fingerprint density at radius 2 is 1.91 bits per heavy atom. The predicted octanol–water partition coefficient (Wildman–Crippen LogP) is 3.99. The maximum absolute atomic E-state index is 13.2. The van der Waals surface area contributed by atoms with Crippen LogP contribution in [0.5, 0.6) is 0 Å². The number of hydrogen-bond acceptors (Lipinski definition) is 6. The second-order valence-electron chi connectivity index (χ2n) is 12.0. The molecule has 1 N–H and O–H groups in total. The molecule has 0 spiro atoms. The Bertz CT molecular complexity index is 932. The smallest absolute Gasteiger partial charge is 0.303 e. The molecule has 7 heteroatoms. The zero-order valence-corrected chi connectivity index (χ0v) is 21.8. The standard InChI is InChI=1S/C26H38O6Si/c1-16(27)31-15-22(29)26(30)12-10-20-19-8-7-17-13-18(28)9-11-24(17,2)23(19)21(14-25(20,26)3)32-33(4,5)6/h9,11,13,19-21,23,30H,7-8,10,12,14-15H2,1-6H3/t19-,20-,21-,23+,24-,25-,26-/m0/s1. The van der Waals surface area contributed by atoms with Gasteiger partial charge in [0, 0.05) is 23.9 Å². The molecule has 0 aromatic rings. The topological polar surface area (TPSA) is 89.9 Å². The SMILES string of the molecule is CC(=O)OCC(=O)[C@@]1(O)CC[C@H]2[C@@H]3CCC4=CC(=O)C=C[C@]4(C)[C@H]3[C@@H](O[Si](C)(C)C)C[C@@]21C. The van der Waals surface area contributed by atoms with Crippen LogP contribution in [0.15, 0.2) is 23.8 Å². The number of ketones is 2. The van der Waals surface area contributed by atoms with Crippen LogP contribution in [-0.2, 0) is 23.5 Å². The second kappa shape index (κ2) is 7.99. The molecule has 3 fully saturated rings. The summed E-state index contributed by atoms with van der Waals surface area (Å²) in [7, 11) is -1.95. The lowest BCUT2D eigenvalue weighted by Gasteiger charge is -2.61. The number of carbonyl (C=O) groups excluding carboxylic acids is 3. The van der Waals surface area contributed by atoms with Crippen molar-refractivity contribution in [1.29, 1.82) is 0 Å². The summed E-state index contributed by atoms with van der Waals surface area (Å²) in [6.07, 6.45) is 8.95. The molecule has 7 atom stereocenters. The normalized spacial score (nSPS) is 42.2. The van der Waals surface area contributed by atoms with Gasteiger partial charge in [0.2, 0.25) is 5.78 Å². The van der Waals surface area contributed by atoms with Crippen LogP contribution in [0.2, 0.25) is 19.6 Å². The first-order chi connectivity index (χ1) is 15.2. The molecular formula is C26H38O6Si. The van der Waals surface area contributed by atoms with Crippen molar-refractivity contribution in [3.63, 3.8) is 0 Å². The first kappa shape index (κ1) is 24.5. The molecule has 0 amide bonds. The van der Waals surface area contributed by atoms with E-state index in [0.29, 0.717) is 12.8 Å². The molecule has 0 bridgehead atoms. The van der Waals surface area contributed by atoms with Gasteiger partial charge in [-0.05, 0) is 81.7 Å². The highest BCUT2D eigenvalue weighted by molar-refractivity contribution is 6.69. The molecule has 3 saturated carbocycles. The monoisotopic (exact) mass is 474 g/mol. The van der Waals surface area contributed by atoms with Crippen LogP contribution in [0.4, 0.5) is 0 Å². The van der Waals surface area contributed by atoms with E-state index >= 15 is 0 Å². The molecule has 0 heterocycles. The zero-order valence-electron chi connectivity index (χ0n) is 20.8. The molecule has 0 aliphatic heterocycles. The van der Waals surface area contributed by atoms with Crippen molar-refractivity contribution >= 4 is 25.9 Å². The van der Waals surface area contributed by atoms with Gasteiger partial charge in [0.1, 0.15) is 5.60 Å². The summed E-state index contributed by atoms with van der Waals surface area (Å²) in [6, 6.07) is 0. The number of ether oxygens (including phenoxy) is 1. The Kier molecular flexibility index (Phi) is 5.94. The number of aliphatic hydroxyl groups is 1. The van der Waals surface area contributed by atoms with E-state index < -0.39 is 37.7 Å². The summed E-state index contributed by atoms with van der Waals surface area (Å²) < 4.78 is 11.8. The average Bonchev–Trinajstić information content (AvgIpc) is 2.97. The molecule has 0 unspecified atom stereocenters. The highest BCUT2D eigenvalue weighted by Crippen LogP contribution is 2.67. The van der Waals surface area contributed by atoms with E-state index in [1.807, 2.05) is 13.0 Å². The third-order valence-electron chi connectivity index (χ3n) is 9.00. The summed E-state index contributed by atoms with van der Waals surface area (Å²) in [5.41, 5.74) is -1.26. The Balaban J connectivity index is 1.75. The van der Waals surface area contributed by atoms with Gasteiger partial charge in [0.05, 0.1) is 0 Å². The molecule has 4 rings (SSSR count). The third-order valence-corrected chi connectivity index (χ3v) is 10.0. The van der Waals surface area contributed by atoms with Gasteiger partial charge in [-0.3, -0.25) is 14.4 Å². The summed E-state index contributed by atoms with van der Waals surface area (Å²) >= 11 is 0. The number of rotatable bonds is 5. The summed E-state index contributed by atoms with van der Waals surface area (Å²) in [6.45, 7) is 11.7. The highest BCUT2D eigenvalue weighted by atomic mass is 28.4. The Morgan fingerprint density at radius 1 is 1.21 bits per heavy atom. The highest BCUT2D eigenvalue weighted by Gasteiger charge is 2.68. The van der Waals surface area contributed by atoms with E-state index in [2.05, 4.69) is 32.6 Å². The van der Waals surface area contributed by atoms with Gasteiger partial charge in [-0.1, -0.05) is 25.5 Å². The Hall–Kier alpha value is -1.57. The molecule has 0 aromatic carbocycles. The van der Waals surface area contributed by atoms with E-state index in [9.17, 15) is 19.5 Å². The number of hydrogen-bond donors (Lipinski definition) is 1. The van der Waals surface area contributed by atoms with Crippen molar-refractivity contribution in [2.24, 2.45) is 28.6 Å². The van der Waals surface area contributed by atoms with E-state index in [0.717, 1.165) is 19.3 Å². The third kappa shape index (κ3) is 3.90. The number of carbonyl (C=O) groups is 3. The Morgan fingerprint density at radius 3 is 2.55 bits per heavy atom. The van der Waals surface area contributed by atoms with Gasteiger partial charge in [0.25, 0.3) is 0 Å². The second-order valence-corrected chi connectivity index (χ2v) is 16.5. The van der Waals surface area contributed by atoms with Gasteiger partial charge in [-0.25, -0.2) is 0 Å². The van der Waals surface area contributed by atoms with Gasteiger partial charge >= 0.3 is 5.97 Å². The molecule has 6 nitrogen and oxygen atoms in total. The molecule has 0 saturated heterocycles. The van der Waals surface area contributed by atoms with Crippen molar-refractivity contribution < 1.29 is 28.7 Å². The van der Waals surface area contributed by atoms with Crippen molar-refractivity contribution in [2.75, 3.05) is 6.61 Å². The van der Waals surface area contributed by atoms with Crippen molar-refractivity contribution in [3.05, 3.63) is 23.8 Å². The fourth-order valence-corrected chi connectivity index (χ4v) is 8.74. The van der Waals surface area contributed by atoms with Gasteiger partial charge in [0.15, 0.2) is 20.7 Å². The summed E-state index contributed by atoms with van der Waals surface area (Å²) in [5.74, 6) is -0.236. The Labute approximate surface area is 197 Å². The lowest BCUT2D eigenvalue weighted by Crippen LogP contribution is -2.63. The predicted molar refractivity (Wildman–Crippen MR) is 127 cm³/mol. The van der Waals surface area contributed by atoms with Crippen molar-refractivity contribution in [2.45, 2.75) is 84.2 Å². The molecule has 33 heavy (non-hydrogen) atoms. The van der Waals surface area contributed by atoms with E-state index in [1.165, 1.54) is 12.5 Å².